The van der Waals surface area contributed by atoms with Crippen molar-refractivity contribution in [2.24, 2.45) is 0 Å². The van der Waals surface area contributed by atoms with E-state index in [9.17, 15) is 4.79 Å². The molecule has 0 aliphatic rings. The minimum Gasteiger partial charge on any atom is -0.264 e. The smallest absolute Gasteiger partial charge is 0.264 e. The molecule has 0 aliphatic heterocycles. The van der Waals surface area contributed by atoms with Gasteiger partial charge in [-0.1, -0.05) is 22.9 Å². The minimum absolute atomic E-state index is 0.101. The maximum Gasteiger partial charge on any atom is 0.305 e. The van der Waals surface area contributed by atoms with Crippen LogP contribution in [0.1, 0.15) is 27.3 Å². The van der Waals surface area contributed by atoms with Crippen LogP contribution in [0.4, 0.5) is 0 Å². The summed E-state index contributed by atoms with van der Waals surface area (Å²) in [5, 5.41) is 0. The van der Waals surface area contributed by atoms with Crippen molar-refractivity contribution in [3.05, 3.63) is 65.0 Å². The van der Waals surface area contributed by atoms with Crippen LogP contribution in [0.5, 0.6) is 0 Å². The number of amides is 1. The van der Waals surface area contributed by atoms with Crippen LogP contribution in [-0.2, 0) is 0 Å². The standard InChI is InChI=1S/C15H16N2O.ClHO4/c1-11-9-12(2)17(13(3)10-11)16-15(18)14-7-5-4-6-8-14;2-1(3,4)5/h4-10H,1-3H3;(H,2,3,4,5). The van der Waals surface area contributed by atoms with Gasteiger partial charge in [0.1, 0.15) is 0 Å². The molecular formula is C15H17ClN2O5. The number of hydrogen-bond acceptors (Lipinski definition) is 5. The second-order valence-electron chi connectivity index (χ2n) is 4.84. The molecule has 8 heteroatoms. The highest BCUT2D eigenvalue weighted by molar-refractivity contribution is 5.98. The second-order valence-corrected chi connectivity index (χ2v) is 5.59. The molecule has 1 aromatic carbocycles. The molecule has 7 nitrogen and oxygen atoms in total. The largest absolute Gasteiger partial charge is 0.305 e. The fourth-order valence-electron chi connectivity index (χ4n) is 2.04. The Morgan fingerprint density at radius 3 is 1.83 bits per heavy atom. The average molecular weight is 341 g/mol. The lowest BCUT2D eigenvalue weighted by Crippen LogP contribution is -2.68. The molecular weight excluding hydrogens is 324 g/mol. The molecule has 1 aromatic heterocycles. The zero-order valence-electron chi connectivity index (χ0n) is 12.9. The predicted octanol–water partition coefficient (Wildman–Crippen LogP) is -2.47. The van der Waals surface area contributed by atoms with Crippen LogP contribution in [0, 0.1) is 31.0 Å². The number of nitrogens with zero attached hydrogens (tertiary/aromatic N) is 1. The summed E-state index contributed by atoms with van der Waals surface area (Å²) < 4.78 is 35.8. The summed E-state index contributed by atoms with van der Waals surface area (Å²) in [7, 11) is -4.94. The summed E-state index contributed by atoms with van der Waals surface area (Å²) in [6, 6.07) is 13.3. The van der Waals surface area contributed by atoms with Gasteiger partial charge in [0.05, 0.1) is 0 Å². The van der Waals surface area contributed by atoms with Crippen molar-refractivity contribution in [1.82, 2.24) is 0 Å². The summed E-state index contributed by atoms with van der Waals surface area (Å²) in [5.74, 6) is -0.101. The number of aryl methyl sites for hydroxylation is 3. The number of hydrogen-bond donors (Lipinski definition) is 1. The lowest BCUT2D eigenvalue weighted by Gasteiger charge is -2.17. The molecule has 0 unspecified atom stereocenters. The molecule has 0 atom stereocenters. The third-order valence-electron chi connectivity index (χ3n) is 2.83. The van der Waals surface area contributed by atoms with Crippen molar-refractivity contribution in [1.29, 1.82) is 0 Å². The van der Waals surface area contributed by atoms with Crippen LogP contribution in [0.15, 0.2) is 42.5 Å². The number of carbonyl (C=O) groups is 1. The topological polar surface area (TPSA) is 125 Å². The molecule has 0 aliphatic carbocycles. The van der Waals surface area contributed by atoms with Crippen LogP contribution in [0.2, 0.25) is 0 Å². The molecule has 0 radical (unpaired) electrons. The van der Waals surface area contributed by atoms with E-state index in [2.05, 4.69) is 5.43 Å². The fraction of sp³-hybridized carbons (Fsp3) is 0.200. The number of rotatable bonds is 2. The minimum atomic E-state index is -4.94. The van der Waals surface area contributed by atoms with Crippen LogP contribution in [0.25, 0.3) is 0 Å². The Balaban J connectivity index is 0.000000463. The summed E-state index contributed by atoms with van der Waals surface area (Å²) in [5.41, 5.74) is 6.77. The first-order valence-corrected chi connectivity index (χ1v) is 7.79. The van der Waals surface area contributed by atoms with E-state index in [0.29, 0.717) is 5.56 Å². The van der Waals surface area contributed by atoms with Crippen molar-refractivity contribution in [2.45, 2.75) is 20.8 Å². The summed E-state index contributed by atoms with van der Waals surface area (Å²) in [6.45, 7) is 6.00. The van der Waals surface area contributed by atoms with Crippen LogP contribution < -0.4 is 28.7 Å². The molecule has 124 valence electrons. The average Bonchev–Trinajstić information content (AvgIpc) is 2.41. The number of benzene rings is 1. The van der Waals surface area contributed by atoms with Crippen molar-refractivity contribution in [3.63, 3.8) is 0 Å². The SMILES string of the molecule is Cc1cc(C)[n+](NC(=O)c2ccccc2)c(C)c1.[O-][Cl+3]([O-])([O-])[O-]. The van der Waals surface area contributed by atoms with Crippen molar-refractivity contribution < 1.29 is 38.3 Å². The summed E-state index contributed by atoms with van der Waals surface area (Å²) in [6.07, 6.45) is 0. The maximum absolute atomic E-state index is 12.1. The molecule has 1 N–H and O–H groups in total. The van der Waals surface area contributed by atoms with E-state index in [1.54, 1.807) is 12.1 Å². The van der Waals surface area contributed by atoms with E-state index >= 15 is 0 Å². The number of pyridine rings is 1. The Morgan fingerprint density at radius 1 is 0.957 bits per heavy atom. The van der Waals surface area contributed by atoms with E-state index in [1.807, 2.05) is 55.8 Å². The fourth-order valence-corrected chi connectivity index (χ4v) is 2.04. The first-order chi connectivity index (χ1) is 10.6. The monoisotopic (exact) mass is 340 g/mol. The Morgan fingerprint density at radius 2 is 1.39 bits per heavy atom. The number of carbonyl (C=O) groups excluding carboxylic acids is 1. The second kappa shape index (κ2) is 8.00. The lowest BCUT2D eigenvalue weighted by atomic mass is 10.2. The molecule has 2 aromatic rings. The van der Waals surface area contributed by atoms with Gasteiger partial charge in [0.2, 0.25) is 11.4 Å². The zero-order chi connectivity index (χ0) is 17.6. The highest BCUT2D eigenvalue weighted by atomic mass is 35.7. The summed E-state index contributed by atoms with van der Waals surface area (Å²) >= 11 is 0. The number of aromatic nitrogens is 1. The normalized spacial score (nSPS) is 10.6. The molecule has 23 heavy (non-hydrogen) atoms. The van der Waals surface area contributed by atoms with E-state index < -0.39 is 10.2 Å². The Kier molecular flexibility index (Phi) is 6.62. The quantitative estimate of drug-likeness (QED) is 0.606. The summed E-state index contributed by atoms with van der Waals surface area (Å²) in [4.78, 5) is 12.1. The number of halogens is 1. The van der Waals surface area contributed by atoms with E-state index in [0.717, 1.165) is 11.4 Å². The maximum atomic E-state index is 12.1. The van der Waals surface area contributed by atoms with Crippen LogP contribution in [0.3, 0.4) is 0 Å². The Labute approximate surface area is 136 Å². The van der Waals surface area contributed by atoms with Crippen LogP contribution in [-0.4, -0.2) is 5.91 Å². The zero-order valence-corrected chi connectivity index (χ0v) is 13.7. The first kappa shape index (κ1) is 19.0. The molecule has 0 spiro atoms. The van der Waals surface area contributed by atoms with Gasteiger partial charge < -0.3 is 0 Å². The first-order valence-electron chi connectivity index (χ1n) is 6.56. The molecule has 0 saturated carbocycles. The third kappa shape index (κ3) is 7.18. The van der Waals surface area contributed by atoms with Gasteiger partial charge in [0, 0.05) is 31.5 Å². The van der Waals surface area contributed by atoms with E-state index in [4.69, 9.17) is 18.6 Å². The third-order valence-corrected chi connectivity index (χ3v) is 2.83. The molecule has 2 rings (SSSR count). The van der Waals surface area contributed by atoms with Crippen LogP contribution >= 0.6 is 0 Å². The van der Waals surface area contributed by atoms with Crippen molar-refractivity contribution in [3.8, 4) is 0 Å². The Hall–Kier alpha value is -2.03. The van der Waals surface area contributed by atoms with Gasteiger partial charge in [-0.15, -0.1) is 15.7 Å². The number of nitrogens with one attached hydrogen (secondary N) is 1. The van der Waals surface area contributed by atoms with E-state index in [-0.39, 0.29) is 5.91 Å². The molecule has 0 bridgehead atoms. The van der Waals surface area contributed by atoms with E-state index in [1.165, 1.54) is 5.56 Å². The molecule has 1 amide bonds. The highest BCUT2D eigenvalue weighted by Crippen LogP contribution is 2.02. The van der Waals surface area contributed by atoms with Gasteiger partial charge in [0.25, 0.3) is 0 Å². The van der Waals surface area contributed by atoms with Gasteiger partial charge in [-0.25, -0.2) is 18.6 Å². The van der Waals surface area contributed by atoms with Gasteiger partial charge in [-0.05, 0) is 24.6 Å². The highest BCUT2D eigenvalue weighted by Gasteiger charge is 2.16. The Bertz CT molecular complexity index is 642. The van der Waals surface area contributed by atoms with Gasteiger partial charge in [-0.2, -0.15) is 0 Å². The van der Waals surface area contributed by atoms with Gasteiger partial charge >= 0.3 is 5.91 Å². The predicted molar refractivity (Wildman–Crippen MR) is 71.0 cm³/mol. The van der Waals surface area contributed by atoms with Crippen molar-refractivity contribution in [2.75, 3.05) is 5.43 Å². The van der Waals surface area contributed by atoms with Crippen molar-refractivity contribution >= 4 is 5.91 Å². The molecule has 1 heterocycles. The lowest BCUT2D eigenvalue weighted by molar-refractivity contribution is -2.00. The molecule has 0 saturated heterocycles. The molecule has 0 fully saturated rings. The van der Waals surface area contributed by atoms with Gasteiger partial charge in [0.15, 0.2) is 0 Å². The van der Waals surface area contributed by atoms with Gasteiger partial charge in [-0.3, -0.25) is 4.79 Å².